The minimum atomic E-state index is -4.07. The molecular formula is C19H19ClO4S2. The van der Waals surface area contributed by atoms with Gasteiger partial charge in [-0.25, -0.2) is 16.8 Å². The average molecular weight is 411 g/mol. The molecular weight excluding hydrogens is 392 g/mol. The van der Waals surface area contributed by atoms with Crippen molar-refractivity contribution >= 4 is 31.3 Å². The van der Waals surface area contributed by atoms with Gasteiger partial charge in [0.1, 0.15) is 0 Å². The molecule has 0 heterocycles. The van der Waals surface area contributed by atoms with Crippen molar-refractivity contribution in [3.8, 4) is 0 Å². The average Bonchev–Trinajstić information content (AvgIpc) is 3.06. The van der Waals surface area contributed by atoms with Gasteiger partial charge in [0.15, 0.2) is 24.3 Å². The zero-order valence-corrected chi connectivity index (χ0v) is 16.3. The van der Waals surface area contributed by atoms with Crippen LogP contribution in [-0.4, -0.2) is 21.4 Å². The highest BCUT2D eigenvalue weighted by molar-refractivity contribution is 8.09. The molecule has 2 aromatic carbocycles. The third kappa shape index (κ3) is 3.87. The first kappa shape index (κ1) is 19.1. The van der Waals surface area contributed by atoms with E-state index in [9.17, 15) is 16.8 Å². The van der Waals surface area contributed by atoms with E-state index >= 15 is 0 Å². The first-order valence-corrected chi connectivity index (χ1v) is 11.7. The fraction of sp³-hybridized carbons (Fsp3) is 0.263. The molecule has 0 bridgehead atoms. The second-order valence-electron chi connectivity index (χ2n) is 6.34. The van der Waals surface area contributed by atoms with E-state index in [2.05, 4.69) is 0 Å². The SMILES string of the molecule is O=S(=O)(c1ccccc1)C(CC1CC=C(Cl)C1)S(=O)(=O)c1ccccc1. The highest BCUT2D eigenvalue weighted by atomic mass is 35.5. The second kappa shape index (κ2) is 7.55. The topological polar surface area (TPSA) is 68.3 Å². The van der Waals surface area contributed by atoms with Crippen LogP contribution in [0.1, 0.15) is 19.3 Å². The van der Waals surface area contributed by atoms with Gasteiger partial charge in [0.25, 0.3) is 0 Å². The molecule has 26 heavy (non-hydrogen) atoms. The number of allylic oxidation sites excluding steroid dienone is 2. The lowest BCUT2D eigenvalue weighted by Gasteiger charge is -2.21. The molecule has 0 aliphatic heterocycles. The van der Waals surface area contributed by atoms with Gasteiger partial charge in [-0.1, -0.05) is 54.1 Å². The number of hydrogen-bond acceptors (Lipinski definition) is 4. The first-order chi connectivity index (χ1) is 12.3. The van der Waals surface area contributed by atoms with Crippen molar-refractivity contribution in [2.24, 2.45) is 5.92 Å². The lowest BCUT2D eigenvalue weighted by Crippen LogP contribution is -2.32. The van der Waals surface area contributed by atoms with E-state index in [1.54, 1.807) is 36.4 Å². The van der Waals surface area contributed by atoms with Gasteiger partial charge in [-0.05, 0) is 49.4 Å². The number of rotatable bonds is 6. The Bertz CT molecular complexity index is 929. The Hall–Kier alpha value is -1.63. The summed E-state index contributed by atoms with van der Waals surface area (Å²) in [5, 5.41) is 0.656. The van der Waals surface area contributed by atoms with Gasteiger partial charge in [0.05, 0.1) is 9.79 Å². The number of sulfone groups is 2. The lowest BCUT2D eigenvalue weighted by molar-refractivity contribution is 0.507. The third-order valence-electron chi connectivity index (χ3n) is 4.52. The van der Waals surface area contributed by atoms with Gasteiger partial charge in [0, 0.05) is 5.03 Å². The molecule has 0 saturated carbocycles. The third-order valence-corrected chi connectivity index (χ3v) is 9.97. The largest absolute Gasteiger partial charge is 0.222 e. The second-order valence-corrected chi connectivity index (χ2v) is 11.4. The zero-order chi connectivity index (χ0) is 18.8. The molecule has 1 atom stereocenters. The van der Waals surface area contributed by atoms with E-state index < -0.39 is 24.3 Å². The normalized spacial score (nSPS) is 18.1. The van der Waals surface area contributed by atoms with Crippen LogP contribution in [0.3, 0.4) is 0 Å². The van der Waals surface area contributed by atoms with E-state index in [1.165, 1.54) is 24.3 Å². The molecule has 1 unspecified atom stereocenters. The smallest absolute Gasteiger partial charge is 0.195 e. The Morgan fingerprint density at radius 3 is 1.69 bits per heavy atom. The van der Waals surface area contributed by atoms with E-state index in [0.717, 1.165) is 0 Å². The van der Waals surface area contributed by atoms with Crippen LogP contribution < -0.4 is 0 Å². The van der Waals surface area contributed by atoms with Crippen molar-refractivity contribution in [3.63, 3.8) is 0 Å². The summed E-state index contributed by atoms with van der Waals surface area (Å²) in [6, 6.07) is 15.5. The number of hydrogen-bond donors (Lipinski definition) is 0. The molecule has 0 N–H and O–H groups in total. The minimum absolute atomic E-state index is 0.0151. The van der Waals surface area contributed by atoms with E-state index in [-0.39, 0.29) is 22.1 Å². The Kier molecular flexibility index (Phi) is 5.55. The van der Waals surface area contributed by atoms with Crippen LogP contribution in [0.15, 0.2) is 81.6 Å². The molecule has 2 aromatic rings. The molecule has 0 amide bonds. The summed E-state index contributed by atoms with van der Waals surface area (Å²) in [4.78, 5) is 0.0307. The Morgan fingerprint density at radius 1 is 0.846 bits per heavy atom. The molecule has 0 saturated heterocycles. The maximum absolute atomic E-state index is 13.2. The van der Waals surface area contributed by atoms with E-state index in [4.69, 9.17) is 11.6 Å². The number of halogens is 1. The number of benzene rings is 2. The van der Waals surface area contributed by atoms with Gasteiger partial charge in [-0.3, -0.25) is 0 Å². The van der Waals surface area contributed by atoms with Crippen LogP contribution in [0.25, 0.3) is 0 Å². The van der Waals surface area contributed by atoms with E-state index in [1.807, 2.05) is 6.08 Å². The van der Waals surface area contributed by atoms with E-state index in [0.29, 0.717) is 17.9 Å². The van der Waals surface area contributed by atoms with Crippen LogP contribution in [-0.2, 0) is 19.7 Å². The van der Waals surface area contributed by atoms with Gasteiger partial charge in [-0.2, -0.15) is 0 Å². The minimum Gasteiger partial charge on any atom is -0.222 e. The van der Waals surface area contributed by atoms with Crippen LogP contribution in [0.2, 0.25) is 0 Å². The molecule has 1 aliphatic rings. The quantitative estimate of drug-likeness (QED) is 0.716. The van der Waals surface area contributed by atoms with Gasteiger partial charge in [-0.15, -0.1) is 0 Å². The summed E-state index contributed by atoms with van der Waals surface area (Å²) in [5.74, 6) is -0.107. The van der Waals surface area contributed by atoms with Gasteiger partial charge < -0.3 is 0 Å². The summed E-state index contributed by atoms with van der Waals surface area (Å²) < 4.78 is 51.2. The summed E-state index contributed by atoms with van der Waals surface area (Å²) in [5.41, 5.74) is 0. The maximum Gasteiger partial charge on any atom is 0.195 e. The van der Waals surface area contributed by atoms with Crippen molar-refractivity contribution in [1.82, 2.24) is 0 Å². The lowest BCUT2D eigenvalue weighted by atomic mass is 10.0. The zero-order valence-electron chi connectivity index (χ0n) is 14.0. The molecule has 0 spiro atoms. The molecule has 0 aromatic heterocycles. The fourth-order valence-electron chi connectivity index (χ4n) is 3.13. The van der Waals surface area contributed by atoms with Crippen molar-refractivity contribution in [2.45, 2.75) is 33.6 Å². The maximum atomic E-state index is 13.2. The molecule has 0 fully saturated rings. The van der Waals surface area contributed by atoms with Crippen LogP contribution in [0.5, 0.6) is 0 Å². The predicted molar refractivity (Wildman–Crippen MR) is 102 cm³/mol. The molecule has 0 radical (unpaired) electrons. The van der Waals surface area contributed by atoms with Crippen molar-refractivity contribution < 1.29 is 16.8 Å². The Labute approximate surface area is 159 Å². The summed E-state index contributed by atoms with van der Waals surface area (Å²) in [7, 11) is -8.13. The Balaban J connectivity index is 2.05. The first-order valence-electron chi connectivity index (χ1n) is 8.24. The molecule has 1 aliphatic carbocycles. The fourth-order valence-corrected chi connectivity index (χ4v) is 8.17. The molecule has 7 heteroatoms. The summed E-state index contributed by atoms with van der Waals surface area (Å²) in [6.07, 6.45) is 2.94. The summed E-state index contributed by atoms with van der Waals surface area (Å²) >= 11 is 6.02. The molecule has 3 rings (SSSR count). The van der Waals surface area contributed by atoms with Crippen molar-refractivity contribution in [3.05, 3.63) is 71.8 Å². The molecule has 4 nitrogen and oxygen atoms in total. The Morgan fingerprint density at radius 2 is 1.31 bits per heavy atom. The van der Waals surface area contributed by atoms with Crippen LogP contribution in [0.4, 0.5) is 0 Å². The highest BCUT2D eigenvalue weighted by Crippen LogP contribution is 2.36. The predicted octanol–water partition coefficient (Wildman–Crippen LogP) is 4.18. The van der Waals surface area contributed by atoms with Crippen LogP contribution >= 0.6 is 11.6 Å². The monoisotopic (exact) mass is 410 g/mol. The van der Waals surface area contributed by atoms with Crippen molar-refractivity contribution in [2.75, 3.05) is 0 Å². The van der Waals surface area contributed by atoms with Gasteiger partial charge in [0.2, 0.25) is 0 Å². The van der Waals surface area contributed by atoms with Gasteiger partial charge >= 0.3 is 0 Å². The van der Waals surface area contributed by atoms with Crippen molar-refractivity contribution in [1.29, 1.82) is 0 Å². The van der Waals surface area contributed by atoms with Crippen LogP contribution in [0, 0.1) is 5.92 Å². The molecule has 138 valence electrons. The highest BCUT2D eigenvalue weighted by Gasteiger charge is 2.41. The standard InChI is InChI=1S/C19H19ClO4S2/c20-16-12-11-15(13-16)14-19(25(21,22)17-7-3-1-4-8-17)26(23,24)18-9-5-2-6-10-18/h1-10,12,15,19H,11,13-14H2. The summed E-state index contributed by atoms with van der Waals surface area (Å²) in [6.45, 7) is 0.